The summed E-state index contributed by atoms with van der Waals surface area (Å²) in [5.41, 5.74) is 7.29. The van der Waals surface area contributed by atoms with Crippen LogP contribution in [0.25, 0.3) is 0 Å². The van der Waals surface area contributed by atoms with Crippen molar-refractivity contribution in [1.29, 1.82) is 0 Å². The number of halogens is 1. The van der Waals surface area contributed by atoms with Crippen molar-refractivity contribution in [1.82, 2.24) is 0 Å². The number of nitrogens with two attached hydrogens (primary N) is 1. The molecular weight excluding hydrogens is 222 g/mol. The molecule has 2 N–H and O–H groups in total. The molecule has 92 valence electrons. The minimum Gasteiger partial charge on any atom is -0.497 e. The van der Waals surface area contributed by atoms with Crippen molar-refractivity contribution >= 4 is 12.4 Å². The van der Waals surface area contributed by atoms with Crippen LogP contribution in [0.3, 0.4) is 0 Å². The number of benzene rings is 1. The van der Waals surface area contributed by atoms with Crippen LogP contribution in [0.1, 0.15) is 44.2 Å². The molecule has 0 aromatic heterocycles. The first kappa shape index (κ1) is 15.3. The summed E-state index contributed by atoms with van der Waals surface area (Å²) in [6, 6.07) is 8.21. The van der Waals surface area contributed by atoms with Crippen molar-refractivity contribution < 1.29 is 4.74 Å². The van der Waals surface area contributed by atoms with Crippen molar-refractivity contribution in [2.24, 2.45) is 5.73 Å². The molecule has 0 fully saturated rings. The second kappa shape index (κ2) is 8.43. The van der Waals surface area contributed by atoms with Crippen LogP contribution in [-0.2, 0) is 0 Å². The quantitative estimate of drug-likeness (QED) is 0.774. The van der Waals surface area contributed by atoms with Gasteiger partial charge in [-0.1, -0.05) is 38.3 Å². The van der Waals surface area contributed by atoms with E-state index in [1.165, 1.54) is 24.8 Å². The first-order valence-corrected chi connectivity index (χ1v) is 5.67. The normalized spacial score (nSPS) is 11.7. The summed E-state index contributed by atoms with van der Waals surface area (Å²) in [6.45, 7) is 2.21. The highest BCUT2D eigenvalue weighted by Crippen LogP contribution is 2.20. The average Bonchev–Trinajstić information content (AvgIpc) is 2.29. The molecule has 1 atom stereocenters. The molecule has 2 nitrogen and oxygen atoms in total. The van der Waals surface area contributed by atoms with Crippen molar-refractivity contribution in [3.05, 3.63) is 29.8 Å². The van der Waals surface area contributed by atoms with E-state index in [1.54, 1.807) is 7.11 Å². The van der Waals surface area contributed by atoms with Gasteiger partial charge in [0.25, 0.3) is 0 Å². The minimum atomic E-state index is 0. The van der Waals surface area contributed by atoms with Crippen molar-refractivity contribution in [3.63, 3.8) is 0 Å². The third-order valence-corrected chi connectivity index (χ3v) is 2.66. The molecule has 0 aliphatic carbocycles. The zero-order valence-electron chi connectivity index (χ0n) is 10.1. The van der Waals surface area contributed by atoms with Crippen LogP contribution in [0.2, 0.25) is 0 Å². The summed E-state index contributed by atoms with van der Waals surface area (Å²) in [5, 5.41) is 0. The second-order valence-corrected chi connectivity index (χ2v) is 3.88. The number of ether oxygens (including phenoxy) is 1. The maximum atomic E-state index is 6.09. The van der Waals surface area contributed by atoms with Gasteiger partial charge in [-0.3, -0.25) is 0 Å². The van der Waals surface area contributed by atoms with Crippen LogP contribution in [-0.4, -0.2) is 7.11 Å². The Morgan fingerprint density at radius 1 is 1.19 bits per heavy atom. The molecule has 0 unspecified atom stereocenters. The number of hydrogen-bond acceptors (Lipinski definition) is 2. The standard InChI is InChI=1S/C13H21NO.ClH/c1-3-4-5-6-13(14)11-7-9-12(15-2)10-8-11;/h7-10,13H,3-6,14H2,1-2H3;1H/t13-;/m0./s1. The van der Waals surface area contributed by atoms with Gasteiger partial charge in [-0.15, -0.1) is 12.4 Å². The molecule has 0 aliphatic rings. The first-order valence-electron chi connectivity index (χ1n) is 5.67. The van der Waals surface area contributed by atoms with E-state index in [0.717, 1.165) is 12.2 Å². The van der Waals surface area contributed by atoms with Gasteiger partial charge in [-0.05, 0) is 24.1 Å². The van der Waals surface area contributed by atoms with Gasteiger partial charge in [0.2, 0.25) is 0 Å². The lowest BCUT2D eigenvalue weighted by Gasteiger charge is -2.12. The fourth-order valence-corrected chi connectivity index (χ4v) is 1.63. The monoisotopic (exact) mass is 243 g/mol. The Bertz CT molecular complexity index is 274. The third-order valence-electron chi connectivity index (χ3n) is 2.66. The molecule has 0 aliphatic heterocycles. The highest BCUT2D eigenvalue weighted by atomic mass is 35.5. The zero-order chi connectivity index (χ0) is 11.1. The van der Waals surface area contributed by atoms with Crippen molar-refractivity contribution in [2.75, 3.05) is 7.11 Å². The lowest BCUT2D eigenvalue weighted by Crippen LogP contribution is -2.09. The van der Waals surface area contributed by atoms with Crippen LogP contribution in [0.15, 0.2) is 24.3 Å². The Hall–Kier alpha value is -0.730. The number of methoxy groups -OCH3 is 1. The summed E-state index contributed by atoms with van der Waals surface area (Å²) in [6.07, 6.45) is 4.79. The van der Waals surface area contributed by atoms with E-state index in [-0.39, 0.29) is 18.4 Å². The van der Waals surface area contributed by atoms with E-state index >= 15 is 0 Å². The topological polar surface area (TPSA) is 35.2 Å². The zero-order valence-corrected chi connectivity index (χ0v) is 10.9. The van der Waals surface area contributed by atoms with Crippen LogP contribution in [0, 0.1) is 0 Å². The van der Waals surface area contributed by atoms with E-state index in [9.17, 15) is 0 Å². The molecular formula is C13H22ClNO. The lowest BCUT2D eigenvalue weighted by atomic mass is 10.0. The lowest BCUT2D eigenvalue weighted by molar-refractivity contribution is 0.414. The summed E-state index contributed by atoms with van der Waals surface area (Å²) >= 11 is 0. The van der Waals surface area contributed by atoms with E-state index in [0.29, 0.717) is 0 Å². The maximum absolute atomic E-state index is 6.09. The molecule has 16 heavy (non-hydrogen) atoms. The predicted octanol–water partition coefficient (Wildman–Crippen LogP) is 3.70. The fourth-order valence-electron chi connectivity index (χ4n) is 1.63. The molecule has 1 aromatic carbocycles. The molecule has 0 bridgehead atoms. The fraction of sp³-hybridized carbons (Fsp3) is 0.538. The SMILES string of the molecule is CCCCC[C@H](N)c1ccc(OC)cc1.Cl. The highest BCUT2D eigenvalue weighted by Gasteiger charge is 2.05. The average molecular weight is 244 g/mol. The van der Waals surface area contributed by atoms with Gasteiger partial charge in [0.05, 0.1) is 7.11 Å². The van der Waals surface area contributed by atoms with Gasteiger partial charge < -0.3 is 10.5 Å². The van der Waals surface area contributed by atoms with Gasteiger partial charge in [-0.2, -0.15) is 0 Å². The molecule has 0 heterocycles. The first-order chi connectivity index (χ1) is 7.27. The van der Waals surface area contributed by atoms with E-state index < -0.39 is 0 Å². The Morgan fingerprint density at radius 3 is 2.31 bits per heavy atom. The van der Waals surface area contributed by atoms with Gasteiger partial charge in [0.1, 0.15) is 5.75 Å². The van der Waals surface area contributed by atoms with Crippen molar-refractivity contribution in [3.8, 4) is 5.75 Å². The summed E-state index contributed by atoms with van der Waals surface area (Å²) in [5.74, 6) is 0.888. The Labute approximate surface area is 105 Å². The van der Waals surface area contributed by atoms with E-state index in [4.69, 9.17) is 10.5 Å². The smallest absolute Gasteiger partial charge is 0.118 e. The molecule has 0 radical (unpaired) electrons. The van der Waals surface area contributed by atoms with Gasteiger partial charge >= 0.3 is 0 Å². The third kappa shape index (κ3) is 4.86. The number of hydrogen-bond donors (Lipinski definition) is 1. The van der Waals surface area contributed by atoms with Crippen LogP contribution in [0.4, 0.5) is 0 Å². The second-order valence-electron chi connectivity index (χ2n) is 3.88. The number of unbranched alkanes of at least 4 members (excludes halogenated alkanes) is 2. The van der Waals surface area contributed by atoms with E-state index in [2.05, 4.69) is 19.1 Å². The Kier molecular flexibility index (Phi) is 8.04. The van der Waals surface area contributed by atoms with Crippen LogP contribution >= 0.6 is 12.4 Å². The molecule has 0 amide bonds. The van der Waals surface area contributed by atoms with Gasteiger partial charge in [0.15, 0.2) is 0 Å². The van der Waals surface area contributed by atoms with Gasteiger partial charge in [0, 0.05) is 6.04 Å². The van der Waals surface area contributed by atoms with Crippen LogP contribution < -0.4 is 10.5 Å². The molecule has 3 heteroatoms. The summed E-state index contributed by atoms with van der Waals surface area (Å²) < 4.78 is 5.11. The van der Waals surface area contributed by atoms with Crippen molar-refractivity contribution in [2.45, 2.75) is 38.6 Å². The van der Waals surface area contributed by atoms with Crippen LogP contribution in [0.5, 0.6) is 5.75 Å². The molecule has 1 rings (SSSR count). The summed E-state index contributed by atoms with van der Waals surface area (Å²) in [4.78, 5) is 0. The predicted molar refractivity (Wildman–Crippen MR) is 71.3 cm³/mol. The largest absolute Gasteiger partial charge is 0.497 e. The molecule has 0 spiro atoms. The van der Waals surface area contributed by atoms with Gasteiger partial charge in [-0.25, -0.2) is 0 Å². The summed E-state index contributed by atoms with van der Waals surface area (Å²) in [7, 11) is 1.68. The Morgan fingerprint density at radius 2 is 1.81 bits per heavy atom. The highest BCUT2D eigenvalue weighted by molar-refractivity contribution is 5.85. The van der Waals surface area contributed by atoms with E-state index in [1.807, 2.05) is 12.1 Å². The number of rotatable bonds is 6. The molecule has 0 saturated heterocycles. The molecule has 0 saturated carbocycles. The Balaban J connectivity index is 0.00000225. The maximum Gasteiger partial charge on any atom is 0.118 e. The molecule has 1 aromatic rings. The minimum absolute atomic E-state index is 0.